The quantitative estimate of drug-likeness (QED) is 0.523. The molecule has 1 fully saturated rings. The molecule has 2 amide bonds. The summed E-state index contributed by atoms with van der Waals surface area (Å²) in [4.78, 5) is 31.3. The van der Waals surface area contributed by atoms with Gasteiger partial charge in [-0.2, -0.15) is 0 Å². The summed E-state index contributed by atoms with van der Waals surface area (Å²) in [5, 5.41) is 14.8. The summed E-state index contributed by atoms with van der Waals surface area (Å²) in [6.45, 7) is 6.92. The smallest absolute Gasteiger partial charge is 0.259 e. The van der Waals surface area contributed by atoms with Crippen molar-refractivity contribution >= 4 is 52.2 Å². The van der Waals surface area contributed by atoms with Gasteiger partial charge in [0.15, 0.2) is 12.2 Å². The number of morpholine rings is 1. The maximum atomic E-state index is 13.1. The highest BCUT2D eigenvalue weighted by atomic mass is 35.5. The number of hydrogen-bond acceptors (Lipinski definition) is 6. The van der Waals surface area contributed by atoms with Crippen molar-refractivity contribution in [2.45, 2.75) is 38.4 Å². The summed E-state index contributed by atoms with van der Waals surface area (Å²) in [6, 6.07) is 14.6. The zero-order valence-electron chi connectivity index (χ0n) is 19.3. The number of amides is 2. The lowest BCUT2D eigenvalue weighted by Crippen LogP contribution is -2.55. The molecule has 1 aliphatic rings. The number of aromatic nitrogens is 1. The van der Waals surface area contributed by atoms with Crippen LogP contribution in [-0.4, -0.2) is 47.3 Å². The summed E-state index contributed by atoms with van der Waals surface area (Å²) in [5.74, 6) is -0.785. The third kappa shape index (κ3) is 5.14. The van der Waals surface area contributed by atoms with Gasteiger partial charge in [-0.15, -0.1) is 12.4 Å². The molecule has 0 aliphatic carbocycles. The van der Waals surface area contributed by atoms with E-state index >= 15 is 0 Å². The van der Waals surface area contributed by atoms with Crippen LogP contribution in [-0.2, 0) is 19.7 Å². The first-order valence-corrected chi connectivity index (χ1v) is 10.8. The third-order valence-corrected chi connectivity index (χ3v) is 5.78. The molecule has 1 saturated heterocycles. The van der Waals surface area contributed by atoms with Crippen LogP contribution in [0.3, 0.4) is 0 Å². The maximum absolute atomic E-state index is 13.1. The Kier molecular flexibility index (Phi) is 7.45. The number of nitrogens with zero attached hydrogens (tertiary/aromatic N) is 2. The van der Waals surface area contributed by atoms with Crippen LogP contribution in [0.1, 0.15) is 26.3 Å². The van der Waals surface area contributed by atoms with Gasteiger partial charge in [0.1, 0.15) is 5.82 Å². The van der Waals surface area contributed by atoms with Crippen LogP contribution < -0.4 is 16.0 Å². The molecule has 0 bridgehead atoms. The van der Waals surface area contributed by atoms with Crippen molar-refractivity contribution in [3.63, 3.8) is 0 Å². The van der Waals surface area contributed by atoms with Crippen LogP contribution in [0, 0.1) is 0 Å². The standard InChI is InChI=1S/C25H28N4O4.ClH/c1-25(2,3)16-4-7-18(8-5-16)29-12-13-33-21(24(29)32)20(30)23(31)28-17-6-9-19-15(14-17)10-11-27-22(19)26;/h4-11,14,20-21,30H,12-13H2,1-3H3,(H2,26,27)(H,28,31);1H/t20?,21-;/m1./s1. The Morgan fingerprint density at radius 2 is 1.91 bits per heavy atom. The first-order valence-electron chi connectivity index (χ1n) is 10.8. The van der Waals surface area contributed by atoms with Crippen molar-refractivity contribution in [3.05, 3.63) is 60.3 Å². The fourth-order valence-corrected chi connectivity index (χ4v) is 3.86. The topological polar surface area (TPSA) is 118 Å². The molecular formula is C25H29ClN4O4. The molecule has 2 atom stereocenters. The largest absolute Gasteiger partial charge is 0.383 e. The predicted molar refractivity (Wildman–Crippen MR) is 135 cm³/mol. The Labute approximate surface area is 204 Å². The minimum Gasteiger partial charge on any atom is -0.383 e. The van der Waals surface area contributed by atoms with Crippen molar-refractivity contribution in [1.82, 2.24) is 4.98 Å². The number of nitrogens with one attached hydrogen (secondary N) is 1. The second-order valence-corrected chi connectivity index (χ2v) is 9.14. The van der Waals surface area contributed by atoms with Gasteiger partial charge in [0.05, 0.1) is 6.61 Å². The Morgan fingerprint density at radius 1 is 1.21 bits per heavy atom. The first kappa shape index (κ1) is 25.4. The molecule has 4 N–H and O–H groups in total. The van der Waals surface area contributed by atoms with E-state index in [2.05, 4.69) is 31.1 Å². The Balaban J connectivity index is 0.00000324. The highest BCUT2D eigenvalue weighted by Crippen LogP contribution is 2.27. The molecule has 34 heavy (non-hydrogen) atoms. The summed E-state index contributed by atoms with van der Waals surface area (Å²) in [6.07, 6.45) is -1.37. The number of rotatable bonds is 4. The van der Waals surface area contributed by atoms with Crippen molar-refractivity contribution in [3.8, 4) is 0 Å². The number of carbonyl (C=O) groups excluding carboxylic acids is 2. The van der Waals surface area contributed by atoms with Crippen molar-refractivity contribution in [2.75, 3.05) is 29.1 Å². The number of halogens is 1. The number of benzene rings is 2. The fraction of sp³-hybridized carbons (Fsp3) is 0.320. The molecule has 9 heteroatoms. The number of nitrogen functional groups attached to an aromatic ring is 1. The van der Waals surface area contributed by atoms with Gasteiger partial charge in [0.25, 0.3) is 11.8 Å². The molecule has 8 nitrogen and oxygen atoms in total. The molecule has 2 aromatic carbocycles. The van der Waals surface area contributed by atoms with Crippen molar-refractivity contribution in [2.24, 2.45) is 0 Å². The number of pyridine rings is 1. The number of ether oxygens (including phenoxy) is 1. The first-order chi connectivity index (χ1) is 15.6. The molecule has 0 radical (unpaired) electrons. The fourth-order valence-electron chi connectivity index (χ4n) is 3.86. The summed E-state index contributed by atoms with van der Waals surface area (Å²) in [7, 11) is 0. The van der Waals surface area contributed by atoms with E-state index in [4.69, 9.17) is 10.5 Å². The number of aliphatic hydroxyl groups is 1. The van der Waals surface area contributed by atoms with E-state index in [1.165, 1.54) is 0 Å². The van der Waals surface area contributed by atoms with Gasteiger partial charge in [-0.1, -0.05) is 32.9 Å². The number of nitrogens with two attached hydrogens (primary N) is 1. The van der Waals surface area contributed by atoms with Gasteiger partial charge >= 0.3 is 0 Å². The highest BCUT2D eigenvalue weighted by molar-refractivity contribution is 6.04. The summed E-state index contributed by atoms with van der Waals surface area (Å²) >= 11 is 0. The number of fused-ring (bicyclic) bond motifs is 1. The van der Waals surface area contributed by atoms with E-state index < -0.39 is 24.0 Å². The van der Waals surface area contributed by atoms with E-state index in [0.29, 0.717) is 23.7 Å². The highest BCUT2D eigenvalue weighted by Gasteiger charge is 2.39. The second-order valence-electron chi connectivity index (χ2n) is 9.14. The Hall–Kier alpha value is -3.20. The van der Waals surface area contributed by atoms with Crippen LogP contribution >= 0.6 is 12.4 Å². The van der Waals surface area contributed by atoms with Crippen LogP contribution in [0.4, 0.5) is 17.2 Å². The van der Waals surface area contributed by atoms with E-state index in [0.717, 1.165) is 16.3 Å². The van der Waals surface area contributed by atoms with Crippen molar-refractivity contribution in [1.29, 1.82) is 0 Å². The molecule has 2 heterocycles. The average Bonchev–Trinajstić information content (AvgIpc) is 2.78. The van der Waals surface area contributed by atoms with Gasteiger partial charge in [-0.25, -0.2) is 4.98 Å². The van der Waals surface area contributed by atoms with E-state index in [1.807, 2.05) is 24.3 Å². The summed E-state index contributed by atoms with van der Waals surface area (Å²) < 4.78 is 5.50. The minimum absolute atomic E-state index is 0. The van der Waals surface area contributed by atoms with Gasteiger partial charge in [0, 0.05) is 29.5 Å². The third-order valence-electron chi connectivity index (χ3n) is 5.78. The second kappa shape index (κ2) is 9.97. The molecule has 0 saturated carbocycles. The predicted octanol–water partition coefficient (Wildman–Crippen LogP) is 3.27. The van der Waals surface area contributed by atoms with E-state index in [9.17, 15) is 14.7 Å². The summed E-state index contributed by atoms with van der Waals surface area (Å²) in [5.41, 5.74) is 8.18. The van der Waals surface area contributed by atoms with Gasteiger partial charge in [0.2, 0.25) is 0 Å². The van der Waals surface area contributed by atoms with Gasteiger partial charge in [-0.05, 0) is 52.8 Å². The SMILES string of the molecule is CC(C)(C)c1ccc(N2CCO[C@H](C(O)C(=O)Nc3ccc4c(N)nccc4c3)C2=O)cc1.Cl. The molecule has 180 valence electrons. The van der Waals surface area contributed by atoms with E-state index in [1.54, 1.807) is 35.4 Å². The average molecular weight is 485 g/mol. The van der Waals surface area contributed by atoms with Crippen molar-refractivity contribution < 1.29 is 19.4 Å². The molecule has 1 unspecified atom stereocenters. The molecule has 4 rings (SSSR count). The Morgan fingerprint density at radius 3 is 2.59 bits per heavy atom. The van der Waals surface area contributed by atoms with E-state index in [-0.39, 0.29) is 24.4 Å². The maximum Gasteiger partial charge on any atom is 0.259 e. The lowest BCUT2D eigenvalue weighted by atomic mass is 9.87. The number of anilines is 3. The molecule has 3 aromatic rings. The monoisotopic (exact) mass is 484 g/mol. The molecule has 0 spiro atoms. The van der Waals surface area contributed by atoms with Gasteiger partial charge < -0.3 is 25.8 Å². The Bertz CT molecular complexity index is 1190. The van der Waals surface area contributed by atoms with Crippen LogP contribution in [0.2, 0.25) is 0 Å². The zero-order chi connectivity index (χ0) is 23.8. The lowest BCUT2D eigenvalue weighted by molar-refractivity contribution is -0.150. The zero-order valence-corrected chi connectivity index (χ0v) is 20.1. The van der Waals surface area contributed by atoms with Crippen LogP contribution in [0.25, 0.3) is 10.8 Å². The van der Waals surface area contributed by atoms with Crippen LogP contribution in [0.15, 0.2) is 54.7 Å². The lowest BCUT2D eigenvalue weighted by Gasteiger charge is -2.34. The molecular weight excluding hydrogens is 456 g/mol. The number of aliphatic hydroxyl groups excluding tert-OH is 1. The molecule has 1 aromatic heterocycles. The minimum atomic E-state index is -1.66. The van der Waals surface area contributed by atoms with Crippen LogP contribution in [0.5, 0.6) is 0 Å². The number of hydrogen-bond donors (Lipinski definition) is 3. The number of carbonyl (C=O) groups is 2. The normalized spacial score (nSPS) is 17.2. The molecule has 1 aliphatic heterocycles. The van der Waals surface area contributed by atoms with Gasteiger partial charge in [-0.3, -0.25) is 9.59 Å².